The third-order valence-electron chi connectivity index (χ3n) is 3.24. The van der Waals surface area contributed by atoms with Crippen molar-refractivity contribution in [2.75, 3.05) is 18.2 Å². The summed E-state index contributed by atoms with van der Waals surface area (Å²) in [5, 5.41) is 10.9. The van der Waals surface area contributed by atoms with Crippen LogP contribution in [0.15, 0.2) is 64.2 Å². The maximum absolute atomic E-state index is 11.9. The van der Waals surface area contributed by atoms with Crippen molar-refractivity contribution >= 4 is 23.4 Å². The van der Waals surface area contributed by atoms with Crippen LogP contribution in [0.3, 0.4) is 0 Å². The Morgan fingerprint density at radius 3 is 2.73 bits per heavy atom. The monoisotopic (exact) mass is 371 g/mol. The fourth-order valence-electron chi connectivity index (χ4n) is 2.04. The minimum absolute atomic E-state index is 0.136. The second-order valence-electron chi connectivity index (χ2n) is 5.13. The van der Waals surface area contributed by atoms with E-state index in [0.717, 1.165) is 5.69 Å². The molecule has 0 unspecified atom stereocenters. The molecule has 0 atom stereocenters. The Morgan fingerprint density at radius 2 is 1.92 bits per heavy atom. The SMILES string of the molecule is COc1cccc(OCc2nnc(SCC(=O)Nc3ccccc3)o2)c1. The molecule has 0 aliphatic rings. The van der Waals surface area contributed by atoms with Crippen LogP contribution in [-0.4, -0.2) is 29.0 Å². The molecule has 1 aromatic heterocycles. The molecule has 7 nitrogen and oxygen atoms in total. The molecule has 0 aliphatic heterocycles. The van der Waals surface area contributed by atoms with Crippen molar-refractivity contribution in [1.82, 2.24) is 10.2 Å². The summed E-state index contributed by atoms with van der Waals surface area (Å²) in [5.74, 6) is 1.70. The van der Waals surface area contributed by atoms with Gasteiger partial charge < -0.3 is 19.2 Å². The number of para-hydroxylation sites is 1. The predicted octanol–water partition coefficient (Wildman–Crippen LogP) is 3.39. The molecule has 134 valence electrons. The van der Waals surface area contributed by atoms with Gasteiger partial charge in [-0.1, -0.05) is 36.0 Å². The van der Waals surface area contributed by atoms with Gasteiger partial charge in [0.25, 0.3) is 11.1 Å². The summed E-state index contributed by atoms with van der Waals surface area (Å²) >= 11 is 1.17. The molecule has 1 heterocycles. The maximum atomic E-state index is 11.9. The Balaban J connectivity index is 1.46. The minimum Gasteiger partial charge on any atom is -0.497 e. The normalized spacial score (nSPS) is 10.3. The molecule has 0 saturated heterocycles. The lowest BCUT2D eigenvalue weighted by Gasteiger charge is -2.05. The molecular weight excluding hydrogens is 354 g/mol. The number of methoxy groups -OCH3 is 1. The Morgan fingerprint density at radius 1 is 1.12 bits per heavy atom. The molecule has 1 N–H and O–H groups in total. The smallest absolute Gasteiger partial charge is 0.277 e. The minimum atomic E-state index is -0.145. The molecule has 1 amide bonds. The van der Waals surface area contributed by atoms with Crippen LogP contribution < -0.4 is 14.8 Å². The molecule has 0 bridgehead atoms. The van der Waals surface area contributed by atoms with Crippen LogP contribution in [0.4, 0.5) is 5.69 Å². The van der Waals surface area contributed by atoms with E-state index in [1.807, 2.05) is 48.5 Å². The van der Waals surface area contributed by atoms with Gasteiger partial charge in [-0.05, 0) is 24.3 Å². The molecule has 3 aromatic rings. The summed E-state index contributed by atoms with van der Waals surface area (Å²) in [4.78, 5) is 11.9. The molecule has 0 spiro atoms. The average Bonchev–Trinajstić information content (AvgIpc) is 3.14. The van der Waals surface area contributed by atoms with E-state index in [1.165, 1.54) is 11.8 Å². The summed E-state index contributed by atoms with van der Waals surface area (Å²) in [6.45, 7) is 0.136. The van der Waals surface area contributed by atoms with Crippen molar-refractivity contribution in [1.29, 1.82) is 0 Å². The Kier molecular flexibility index (Phi) is 6.10. The number of hydrogen-bond acceptors (Lipinski definition) is 7. The average molecular weight is 371 g/mol. The molecule has 0 saturated carbocycles. The second-order valence-corrected chi connectivity index (χ2v) is 6.06. The molecule has 8 heteroatoms. The van der Waals surface area contributed by atoms with Gasteiger partial charge >= 0.3 is 0 Å². The number of carbonyl (C=O) groups is 1. The fourth-order valence-corrected chi connectivity index (χ4v) is 2.62. The molecule has 0 fully saturated rings. The van der Waals surface area contributed by atoms with Gasteiger partial charge in [0.1, 0.15) is 11.5 Å². The van der Waals surface area contributed by atoms with E-state index >= 15 is 0 Å². The molecule has 2 aromatic carbocycles. The number of aromatic nitrogens is 2. The number of carbonyl (C=O) groups excluding carboxylic acids is 1. The number of nitrogens with zero attached hydrogens (tertiary/aromatic N) is 2. The zero-order valence-electron chi connectivity index (χ0n) is 14.0. The first-order valence-corrected chi connectivity index (χ1v) is 8.78. The van der Waals surface area contributed by atoms with Gasteiger partial charge in [0.2, 0.25) is 5.91 Å². The number of hydrogen-bond donors (Lipinski definition) is 1. The van der Waals surface area contributed by atoms with Gasteiger partial charge in [-0.25, -0.2) is 0 Å². The first-order chi connectivity index (χ1) is 12.7. The van der Waals surface area contributed by atoms with E-state index in [0.29, 0.717) is 22.6 Å². The van der Waals surface area contributed by atoms with E-state index in [-0.39, 0.29) is 18.3 Å². The zero-order valence-corrected chi connectivity index (χ0v) is 14.9. The van der Waals surface area contributed by atoms with E-state index in [1.54, 1.807) is 13.2 Å². The number of rotatable bonds is 8. The highest BCUT2D eigenvalue weighted by molar-refractivity contribution is 7.99. The molecule has 0 aliphatic carbocycles. The van der Waals surface area contributed by atoms with Gasteiger partial charge in [0.05, 0.1) is 12.9 Å². The lowest BCUT2D eigenvalue weighted by molar-refractivity contribution is -0.113. The number of ether oxygens (including phenoxy) is 2. The van der Waals surface area contributed by atoms with Crippen LogP contribution in [-0.2, 0) is 11.4 Å². The summed E-state index contributed by atoms with van der Waals surface area (Å²) in [5.41, 5.74) is 0.746. The number of thioether (sulfide) groups is 1. The highest BCUT2D eigenvalue weighted by atomic mass is 32.2. The maximum Gasteiger partial charge on any atom is 0.277 e. The molecule has 0 radical (unpaired) electrons. The first kappa shape index (κ1) is 17.8. The number of amides is 1. The van der Waals surface area contributed by atoms with Crippen molar-refractivity contribution in [2.45, 2.75) is 11.8 Å². The van der Waals surface area contributed by atoms with Gasteiger partial charge in [-0.15, -0.1) is 10.2 Å². The van der Waals surface area contributed by atoms with E-state index in [4.69, 9.17) is 13.9 Å². The van der Waals surface area contributed by atoms with Gasteiger partial charge in [-0.2, -0.15) is 0 Å². The number of nitrogens with one attached hydrogen (secondary N) is 1. The van der Waals surface area contributed by atoms with Crippen molar-refractivity contribution in [3.63, 3.8) is 0 Å². The van der Waals surface area contributed by atoms with Crippen LogP contribution in [0.5, 0.6) is 11.5 Å². The van der Waals surface area contributed by atoms with Crippen LogP contribution in [0.2, 0.25) is 0 Å². The van der Waals surface area contributed by atoms with Crippen LogP contribution >= 0.6 is 11.8 Å². The zero-order chi connectivity index (χ0) is 18.2. The molecular formula is C18H17N3O4S. The van der Waals surface area contributed by atoms with Crippen LogP contribution in [0, 0.1) is 0 Å². The predicted molar refractivity (Wildman–Crippen MR) is 97.4 cm³/mol. The number of anilines is 1. The molecule has 3 rings (SSSR count). The van der Waals surface area contributed by atoms with Gasteiger partial charge in [0.15, 0.2) is 6.61 Å². The summed E-state index contributed by atoms with van der Waals surface area (Å²) in [7, 11) is 1.59. The summed E-state index contributed by atoms with van der Waals surface area (Å²) in [6, 6.07) is 16.5. The Labute approximate surface area is 154 Å². The lowest BCUT2D eigenvalue weighted by Crippen LogP contribution is -2.13. The van der Waals surface area contributed by atoms with Crippen molar-refractivity contribution in [3.8, 4) is 11.5 Å². The largest absolute Gasteiger partial charge is 0.497 e. The van der Waals surface area contributed by atoms with Gasteiger partial charge in [-0.3, -0.25) is 4.79 Å². The van der Waals surface area contributed by atoms with E-state index in [2.05, 4.69) is 15.5 Å². The van der Waals surface area contributed by atoms with Crippen molar-refractivity contribution < 1.29 is 18.7 Å². The topological polar surface area (TPSA) is 86.5 Å². The summed E-state index contributed by atoms with van der Waals surface area (Å²) < 4.78 is 16.2. The molecule has 26 heavy (non-hydrogen) atoms. The van der Waals surface area contributed by atoms with Crippen LogP contribution in [0.25, 0.3) is 0 Å². The highest BCUT2D eigenvalue weighted by Crippen LogP contribution is 2.21. The fraction of sp³-hybridized carbons (Fsp3) is 0.167. The standard InChI is InChI=1S/C18H17N3O4S/c1-23-14-8-5-9-15(10-14)24-11-17-20-21-18(25-17)26-12-16(22)19-13-6-3-2-4-7-13/h2-10H,11-12H2,1H3,(H,19,22). The van der Waals surface area contributed by atoms with E-state index < -0.39 is 0 Å². The lowest BCUT2D eigenvalue weighted by atomic mass is 10.3. The Bertz CT molecular complexity index is 854. The summed E-state index contributed by atoms with van der Waals surface area (Å²) in [6.07, 6.45) is 0. The first-order valence-electron chi connectivity index (χ1n) is 7.80. The third-order valence-corrected chi connectivity index (χ3v) is 4.05. The number of benzene rings is 2. The Hall–Kier alpha value is -3.00. The van der Waals surface area contributed by atoms with Crippen LogP contribution in [0.1, 0.15) is 5.89 Å². The van der Waals surface area contributed by atoms with Crippen molar-refractivity contribution in [2.24, 2.45) is 0 Å². The van der Waals surface area contributed by atoms with E-state index in [9.17, 15) is 4.79 Å². The van der Waals surface area contributed by atoms with Crippen molar-refractivity contribution in [3.05, 3.63) is 60.5 Å². The van der Waals surface area contributed by atoms with Gasteiger partial charge in [0, 0.05) is 11.8 Å². The quantitative estimate of drug-likeness (QED) is 0.607. The highest BCUT2D eigenvalue weighted by Gasteiger charge is 2.10. The second kappa shape index (κ2) is 8.91. The third kappa shape index (κ3) is 5.25.